The zero-order valence-corrected chi connectivity index (χ0v) is 19.0. The van der Waals surface area contributed by atoms with Crippen molar-refractivity contribution in [3.63, 3.8) is 0 Å². The van der Waals surface area contributed by atoms with Crippen molar-refractivity contribution >= 4 is 28.9 Å². The molecule has 2 aliphatic heterocycles. The van der Waals surface area contributed by atoms with E-state index in [1.54, 1.807) is 6.92 Å². The van der Waals surface area contributed by atoms with Gasteiger partial charge in [0.1, 0.15) is 17.8 Å². The minimum atomic E-state index is -0.118. The van der Waals surface area contributed by atoms with Crippen LogP contribution in [0.2, 0.25) is 0 Å². The molecule has 3 aliphatic rings. The fraction of sp³-hybridized carbons (Fsp3) is 0.480. The Hall–Kier alpha value is -3.47. The Bertz CT molecular complexity index is 1070. The van der Waals surface area contributed by atoms with Crippen molar-refractivity contribution in [3.05, 3.63) is 30.6 Å². The number of carbonyl (C=O) groups is 1. The number of likely N-dealkylation sites (tertiary alicyclic amines) is 1. The standard InChI is InChI=1S/C25H30N6O2/c1-2-6-22(32)29-14-13-19(15-29)31-17-30(23-24(26)27-16-28-25(23)31)18-9-11-21(12-10-18)33-20-7-4-3-5-8-20/h9-12,16,19-20H,3-5,7-8,13-15,17H2,1H3,(H2,26,27,28)/t19-/m0/s1. The summed E-state index contributed by atoms with van der Waals surface area (Å²) in [4.78, 5) is 27.2. The van der Waals surface area contributed by atoms with Gasteiger partial charge in [-0.2, -0.15) is 0 Å². The third kappa shape index (κ3) is 4.28. The van der Waals surface area contributed by atoms with Crippen LogP contribution < -0.4 is 20.3 Å². The molecule has 3 heterocycles. The third-order valence-electron chi connectivity index (χ3n) is 6.79. The normalized spacial score (nSPS) is 20.4. The Labute approximate surface area is 194 Å². The molecule has 1 atom stereocenters. The Morgan fingerprint density at radius 2 is 1.91 bits per heavy atom. The number of carbonyl (C=O) groups excluding carboxylic acids is 1. The summed E-state index contributed by atoms with van der Waals surface area (Å²) < 4.78 is 6.20. The van der Waals surface area contributed by atoms with Gasteiger partial charge in [0, 0.05) is 18.8 Å². The van der Waals surface area contributed by atoms with Crippen LogP contribution in [-0.2, 0) is 4.79 Å². The lowest BCUT2D eigenvalue weighted by atomic mass is 9.98. The van der Waals surface area contributed by atoms with Crippen LogP contribution in [0.3, 0.4) is 0 Å². The number of benzene rings is 1. The van der Waals surface area contributed by atoms with Gasteiger partial charge in [0.2, 0.25) is 0 Å². The van der Waals surface area contributed by atoms with E-state index < -0.39 is 0 Å². The van der Waals surface area contributed by atoms with Crippen LogP contribution in [0, 0.1) is 11.8 Å². The first-order valence-electron chi connectivity index (χ1n) is 11.8. The summed E-state index contributed by atoms with van der Waals surface area (Å²) >= 11 is 0. The molecule has 1 aromatic carbocycles. The summed E-state index contributed by atoms with van der Waals surface area (Å²) in [7, 11) is 0. The van der Waals surface area contributed by atoms with Crippen LogP contribution in [0.4, 0.5) is 23.0 Å². The molecule has 1 amide bonds. The minimum Gasteiger partial charge on any atom is -0.490 e. The first kappa shape index (κ1) is 21.4. The van der Waals surface area contributed by atoms with Crippen LogP contribution in [0.15, 0.2) is 30.6 Å². The number of aromatic nitrogens is 2. The molecule has 8 nitrogen and oxygen atoms in total. The molecular weight excluding hydrogens is 416 g/mol. The van der Waals surface area contributed by atoms with Gasteiger partial charge >= 0.3 is 0 Å². The molecule has 0 spiro atoms. The van der Waals surface area contributed by atoms with Gasteiger partial charge in [0.15, 0.2) is 11.6 Å². The van der Waals surface area contributed by atoms with E-state index in [-0.39, 0.29) is 11.9 Å². The molecule has 1 aromatic heterocycles. The van der Waals surface area contributed by atoms with Gasteiger partial charge in [-0.1, -0.05) is 12.3 Å². The highest BCUT2D eigenvalue weighted by atomic mass is 16.5. The zero-order chi connectivity index (χ0) is 22.8. The van der Waals surface area contributed by atoms with Gasteiger partial charge in [-0.05, 0) is 69.2 Å². The number of rotatable bonds is 4. The number of anilines is 4. The van der Waals surface area contributed by atoms with Crippen molar-refractivity contribution in [2.24, 2.45) is 0 Å². The molecule has 8 heteroatoms. The average Bonchev–Trinajstić information content (AvgIpc) is 3.47. The number of nitrogen functional groups attached to an aromatic ring is 1. The lowest BCUT2D eigenvalue weighted by Gasteiger charge is -2.27. The number of amides is 1. The molecule has 0 radical (unpaired) electrons. The molecule has 33 heavy (non-hydrogen) atoms. The fourth-order valence-electron chi connectivity index (χ4n) is 5.09. The zero-order valence-electron chi connectivity index (χ0n) is 19.0. The van der Waals surface area contributed by atoms with E-state index in [4.69, 9.17) is 10.5 Å². The van der Waals surface area contributed by atoms with Crippen LogP contribution in [0.25, 0.3) is 0 Å². The summed E-state index contributed by atoms with van der Waals surface area (Å²) in [6.07, 6.45) is 8.77. The van der Waals surface area contributed by atoms with Crippen molar-refractivity contribution in [1.82, 2.24) is 14.9 Å². The minimum absolute atomic E-state index is 0.118. The van der Waals surface area contributed by atoms with E-state index in [9.17, 15) is 4.79 Å². The van der Waals surface area contributed by atoms with Crippen molar-refractivity contribution in [2.45, 2.75) is 57.6 Å². The molecule has 0 unspecified atom stereocenters. The van der Waals surface area contributed by atoms with Crippen LogP contribution in [-0.4, -0.2) is 52.7 Å². The second-order valence-corrected chi connectivity index (χ2v) is 8.91. The second kappa shape index (κ2) is 9.18. The van der Waals surface area contributed by atoms with E-state index in [2.05, 4.69) is 43.7 Å². The average molecular weight is 447 g/mol. The number of ether oxygens (including phenoxy) is 1. The SMILES string of the molecule is CC#CC(=O)N1CC[C@H](N2CN(c3ccc(OC4CCCCC4)cc3)c3c(N)ncnc32)C1. The number of hydrogen-bond donors (Lipinski definition) is 1. The number of hydrogen-bond acceptors (Lipinski definition) is 7. The number of fused-ring (bicyclic) bond motifs is 1. The van der Waals surface area contributed by atoms with E-state index in [0.717, 1.165) is 42.2 Å². The maximum absolute atomic E-state index is 12.2. The van der Waals surface area contributed by atoms with E-state index in [1.807, 2.05) is 17.0 Å². The highest BCUT2D eigenvalue weighted by Crippen LogP contribution is 2.44. The Morgan fingerprint density at radius 3 is 2.67 bits per heavy atom. The summed E-state index contributed by atoms with van der Waals surface area (Å²) in [6.45, 7) is 3.61. The van der Waals surface area contributed by atoms with E-state index >= 15 is 0 Å². The third-order valence-corrected chi connectivity index (χ3v) is 6.79. The van der Waals surface area contributed by atoms with Gasteiger partial charge < -0.3 is 25.2 Å². The molecule has 5 rings (SSSR count). The molecule has 0 bridgehead atoms. The highest BCUT2D eigenvalue weighted by molar-refractivity contribution is 5.94. The summed E-state index contributed by atoms with van der Waals surface area (Å²) in [5, 5.41) is 0. The quantitative estimate of drug-likeness (QED) is 0.721. The van der Waals surface area contributed by atoms with Crippen LogP contribution in [0.5, 0.6) is 5.75 Å². The molecular formula is C25H30N6O2. The van der Waals surface area contributed by atoms with Gasteiger partial charge in [-0.25, -0.2) is 9.97 Å². The Balaban J connectivity index is 1.35. The summed E-state index contributed by atoms with van der Waals surface area (Å²) in [6, 6.07) is 8.36. The monoisotopic (exact) mass is 446 g/mol. The first-order chi connectivity index (χ1) is 16.1. The van der Waals surface area contributed by atoms with Crippen molar-refractivity contribution in [1.29, 1.82) is 0 Å². The molecule has 2 N–H and O–H groups in total. The predicted molar refractivity (Wildman–Crippen MR) is 128 cm³/mol. The molecule has 2 fully saturated rings. The second-order valence-electron chi connectivity index (χ2n) is 8.91. The van der Waals surface area contributed by atoms with Gasteiger partial charge in [-0.3, -0.25) is 4.79 Å². The number of nitrogens with zero attached hydrogens (tertiary/aromatic N) is 5. The summed E-state index contributed by atoms with van der Waals surface area (Å²) in [5.41, 5.74) is 8.13. The Kier molecular flexibility index (Phi) is 5.95. The fourth-order valence-corrected chi connectivity index (χ4v) is 5.09. The maximum atomic E-state index is 12.2. The van der Waals surface area contributed by atoms with Crippen molar-refractivity contribution < 1.29 is 9.53 Å². The topological polar surface area (TPSA) is 87.8 Å². The largest absolute Gasteiger partial charge is 0.490 e. The summed E-state index contributed by atoms with van der Waals surface area (Å²) in [5.74, 6) is 7.39. The van der Waals surface area contributed by atoms with Crippen LogP contribution >= 0.6 is 0 Å². The first-order valence-corrected chi connectivity index (χ1v) is 11.8. The Morgan fingerprint density at radius 1 is 1.12 bits per heavy atom. The smallest absolute Gasteiger partial charge is 0.298 e. The van der Waals surface area contributed by atoms with Gasteiger partial charge in [0.25, 0.3) is 5.91 Å². The molecule has 172 valence electrons. The van der Waals surface area contributed by atoms with Gasteiger partial charge in [-0.15, -0.1) is 0 Å². The molecule has 1 saturated carbocycles. The van der Waals surface area contributed by atoms with E-state index in [1.165, 1.54) is 25.6 Å². The molecule has 1 aliphatic carbocycles. The number of nitrogens with two attached hydrogens (primary N) is 1. The van der Waals surface area contributed by atoms with Gasteiger partial charge in [0.05, 0.1) is 18.8 Å². The van der Waals surface area contributed by atoms with Crippen molar-refractivity contribution in [2.75, 3.05) is 35.3 Å². The van der Waals surface area contributed by atoms with Crippen molar-refractivity contribution in [3.8, 4) is 17.6 Å². The highest BCUT2D eigenvalue weighted by Gasteiger charge is 2.38. The van der Waals surface area contributed by atoms with Crippen LogP contribution in [0.1, 0.15) is 45.4 Å². The molecule has 1 saturated heterocycles. The molecule has 2 aromatic rings. The van der Waals surface area contributed by atoms with E-state index in [0.29, 0.717) is 31.7 Å². The lowest BCUT2D eigenvalue weighted by molar-refractivity contribution is -0.124. The maximum Gasteiger partial charge on any atom is 0.298 e. The predicted octanol–water partition coefficient (Wildman–Crippen LogP) is 3.31. The lowest BCUT2D eigenvalue weighted by Crippen LogP contribution is -2.40.